The van der Waals surface area contributed by atoms with E-state index in [-0.39, 0.29) is 30.1 Å². The Hall–Kier alpha value is -2.01. The molecule has 2 aromatic carbocycles. The number of amides is 2. The molecule has 2 amide bonds. The van der Waals surface area contributed by atoms with E-state index in [1.165, 1.54) is 11.0 Å². The van der Waals surface area contributed by atoms with Crippen LogP contribution in [-0.4, -0.2) is 23.3 Å². The van der Waals surface area contributed by atoms with E-state index in [0.29, 0.717) is 21.2 Å². The van der Waals surface area contributed by atoms with E-state index in [0.717, 1.165) is 0 Å². The molecule has 0 N–H and O–H groups in total. The van der Waals surface area contributed by atoms with E-state index >= 15 is 0 Å². The summed E-state index contributed by atoms with van der Waals surface area (Å²) in [6.45, 7) is 1.96. The number of fused-ring (bicyclic) bond motifs is 1. The van der Waals surface area contributed by atoms with Crippen LogP contribution in [0.4, 0.5) is 4.39 Å². The van der Waals surface area contributed by atoms with E-state index in [2.05, 4.69) is 15.9 Å². The minimum atomic E-state index is -0.349. The third kappa shape index (κ3) is 2.46. The van der Waals surface area contributed by atoms with Gasteiger partial charge in [0.25, 0.3) is 11.8 Å². The van der Waals surface area contributed by atoms with Crippen molar-refractivity contribution in [3.63, 3.8) is 0 Å². The van der Waals surface area contributed by atoms with Crippen LogP contribution in [0.1, 0.15) is 39.1 Å². The molecule has 112 valence electrons. The van der Waals surface area contributed by atoms with Gasteiger partial charge in [0.05, 0.1) is 11.1 Å². The van der Waals surface area contributed by atoms with Gasteiger partial charge in [0.15, 0.2) is 0 Å². The van der Waals surface area contributed by atoms with Crippen LogP contribution in [0.5, 0.6) is 0 Å². The van der Waals surface area contributed by atoms with Gasteiger partial charge in [-0.25, -0.2) is 4.39 Å². The van der Waals surface area contributed by atoms with Crippen molar-refractivity contribution in [2.75, 3.05) is 6.54 Å². The monoisotopic (exact) mass is 361 g/mol. The van der Waals surface area contributed by atoms with Crippen molar-refractivity contribution in [2.24, 2.45) is 0 Å². The largest absolute Gasteiger partial charge is 0.274 e. The highest BCUT2D eigenvalue weighted by atomic mass is 79.9. The van der Waals surface area contributed by atoms with Crippen molar-refractivity contribution < 1.29 is 14.0 Å². The number of rotatable bonds is 3. The molecule has 1 aliphatic rings. The Balaban J connectivity index is 1.85. The molecule has 5 heteroatoms. The predicted octanol–water partition coefficient (Wildman–Crippen LogP) is 3.99. The zero-order valence-electron chi connectivity index (χ0n) is 11.8. The fraction of sp³-hybridized carbons (Fsp3) is 0.176. The number of hydrogen-bond donors (Lipinski definition) is 0. The van der Waals surface area contributed by atoms with E-state index < -0.39 is 0 Å². The summed E-state index contributed by atoms with van der Waals surface area (Å²) >= 11 is 3.21. The Morgan fingerprint density at radius 2 is 1.68 bits per heavy atom. The Labute approximate surface area is 135 Å². The number of benzene rings is 2. The molecule has 22 heavy (non-hydrogen) atoms. The molecule has 3 nitrogen and oxygen atoms in total. The van der Waals surface area contributed by atoms with Crippen LogP contribution >= 0.6 is 15.9 Å². The molecular weight excluding hydrogens is 349 g/mol. The van der Waals surface area contributed by atoms with Crippen LogP contribution in [0, 0.1) is 5.82 Å². The van der Waals surface area contributed by atoms with Gasteiger partial charge in [-0.2, -0.15) is 0 Å². The Morgan fingerprint density at radius 3 is 2.23 bits per heavy atom. The minimum absolute atomic E-state index is 0.158. The summed E-state index contributed by atoms with van der Waals surface area (Å²) in [5, 5.41) is 0. The van der Waals surface area contributed by atoms with Gasteiger partial charge in [0.1, 0.15) is 5.82 Å². The summed E-state index contributed by atoms with van der Waals surface area (Å²) in [5.41, 5.74) is 1.31. The number of halogens is 2. The predicted molar refractivity (Wildman–Crippen MR) is 84.3 cm³/mol. The van der Waals surface area contributed by atoms with Crippen LogP contribution in [0.2, 0.25) is 0 Å². The third-order valence-corrected chi connectivity index (χ3v) is 4.32. The SMILES string of the molecule is C[C@@H](CN1C(=O)c2ccccc2C1=O)c1ccc(Br)cc1F. The molecule has 0 aromatic heterocycles. The van der Waals surface area contributed by atoms with Gasteiger partial charge in [-0.15, -0.1) is 0 Å². The van der Waals surface area contributed by atoms with Crippen LogP contribution in [0.25, 0.3) is 0 Å². The lowest BCUT2D eigenvalue weighted by atomic mass is 10.00. The lowest BCUT2D eigenvalue weighted by Crippen LogP contribution is -2.33. The number of nitrogens with zero attached hydrogens (tertiary/aromatic N) is 1. The van der Waals surface area contributed by atoms with E-state index in [9.17, 15) is 14.0 Å². The molecule has 0 radical (unpaired) electrons. The van der Waals surface area contributed by atoms with Crippen LogP contribution < -0.4 is 0 Å². The smallest absolute Gasteiger partial charge is 0.261 e. The highest BCUT2D eigenvalue weighted by Crippen LogP contribution is 2.28. The normalized spacial score (nSPS) is 15.1. The Morgan fingerprint density at radius 1 is 1.09 bits per heavy atom. The zero-order valence-corrected chi connectivity index (χ0v) is 13.4. The maximum atomic E-state index is 14.0. The fourth-order valence-electron chi connectivity index (χ4n) is 2.68. The van der Waals surface area contributed by atoms with Crippen LogP contribution in [-0.2, 0) is 0 Å². The summed E-state index contributed by atoms with van der Waals surface area (Å²) in [6, 6.07) is 11.5. The molecule has 0 spiro atoms. The topological polar surface area (TPSA) is 37.4 Å². The van der Waals surface area contributed by atoms with Gasteiger partial charge in [-0.05, 0) is 29.8 Å². The number of imide groups is 1. The van der Waals surface area contributed by atoms with E-state index in [4.69, 9.17) is 0 Å². The number of hydrogen-bond acceptors (Lipinski definition) is 2. The van der Waals surface area contributed by atoms with Crippen molar-refractivity contribution in [1.82, 2.24) is 4.90 Å². The van der Waals surface area contributed by atoms with Gasteiger partial charge in [-0.3, -0.25) is 14.5 Å². The van der Waals surface area contributed by atoms with Crippen molar-refractivity contribution in [2.45, 2.75) is 12.8 Å². The molecule has 1 aliphatic heterocycles. The average molecular weight is 362 g/mol. The fourth-order valence-corrected chi connectivity index (χ4v) is 3.01. The Bertz CT molecular complexity index is 740. The van der Waals surface area contributed by atoms with E-state index in [1.807, 2.05) is 0 Å². The molecule has 1 atom stereocenters. The van der Waals surface area contributed by atoms with Crippen molar-refractivity contribution in [1.29, 1.82) is 0 Å². The zero-order chi connectivity index (χ0) is 15.9. The lowest BCUT2D eigenvalue weighted by Gasteiger charge is -2.20. The summed E-state index contributed by atoms with van der Waals surface area (Å²) in [5.74, 6) is -1.26. The number of carbonyl (C=O) groups excluding carboxylic acids is 2. The number of carbonyl (C=O) groups is 2. The third-order valence-electron chi connectivity index (χ3n) is 3.83. The quantitative estimate of drug-likeness (QED) is 0.775. The van der Waals surface area contributed by atoms with Crippen molar-refractivity contribution >= 4 is 27.7 Å². The molecule has 1 heterocycles. The molecule has 0 unspecified atom stereocenters. The average Bonchev–Trinajstić information content (AvgIpc) is 2.73. The summed E-state index contributed by atoms with van der Waals surface area (Å²) in [6.07, 6.45) is 0. The summed E-state index contributed by atoms with van der Waals surface area (Å²) in [7, 11) is 0. The lowest BCUT2D eigenvalue weighted by molar-refractivity contribution is 0.0646. The molecule has 2 aromatic rings. The van der Waals surface area contributed by atoms with Gasteiger partial charge in [0.2, 0.25) is 0 Å². The van der Waals surface area contributed by atoms with Gasteiger partial charge < -0.3 is 0 Å². The van der Waals surface area contributed by atoms with Crippen LogP contribution in [0.3, 0.4) is 0 Å². The summed E-state index contributed by atoms with van der Waals surface area (Å²) < 4.78 is 14.7. The van der Waals surface area contributed by atoms with Crippen LogP contribution in [0.15, 0.2) is 46.9 Å². The molecule has 0 fully saturated rings. The van der Waals surface area contributed by atoms with Crippen molar-refractivity contribution in [3.05, 3.63) is 69.4 Å². The first-order valence-corrected chi connectivity index (χ1v) is 7.68. The first kappa shape index (κ1) is 14.9. The summed E-state index contributed by atoms with van der Waals surface area (Å²) in [4.78, 5) is 25.8. The van der Waals surface area contributed by atoms with Gasteiger partial charge in [-0.1, -0.05) is 41.1 Å². The first-order valence-electron chi connectivity index (χ1n) is 6.89. The van der Waals surface area contributed by atoms with Crippen molar-refractivity contribution in [3.8, 4) is 0 Å². The maximum Gasteiger partial charge on any atom is 0.261 e. The first-order chi connectivity index (χ1) is 10.5. The van der Waals surface area contributed by atoms with Gasteiger partial charge in [0, 0.05) is 16.9 Å². The minimum Gasteiger partial charge on any atom is -0.274 e. The second-order valence-corrected chi connectivity index (χ2v) is 6.25. The van der Waals surface area contributed by atoms with E-state index in [1.54, 1.807) is 43.3 Å². The Kier molecular flexibility index (Phi) is 3.83. The molecule has 0 bridgehead atoms. The second kappa shape index (κ2) is 5.65. The van der Waals surface area contributed by atoms with Gasteiger partial charge >= 0.3 is 0 Å². The molecule has 0 saturated heterocycles. The molecule has 0 saturated carbocycles. The molecule has 0 aliphatic carbocycles. The highest BCUT2D eigenvalue weighted by Gasteiger charge is 2.36. The standard InChI is InChI=1S/C17H13BrFNO2/c1-10(12-7-6-11(18)8-15(12)19)9-20-16(21)13-4-2-3-5-14(13)17(20)22/h2-8,10H,9H2,1H3/t10-/m0/s1. The molecular formula is C17H13BrFNO2. The second-order valence-electron chi connectivity index (χ2n) is 5.33. The maximum absolute atomic E-state index is 14.0. The molecule has 3 rings (SSSR count). The highest BCUT2D eigenvalue weighted by molar-refractivity contribution is 9.10.